The summed E-state index contributed by atoms with van der Waals surface area (Å²) in [4.78, 5) is 33.8. The number of rotatable bonds is 6. The summed E-state index contributed by atoms with van der Waals surface area (Å²) < 4.78 is 4.86. The highest BCUT2D eigenvalue weighted by molar-refractivity contribution is 6.32. The molecule has 0 aliphatic carbocycles. The summed E-state index contributed by atoms with van der Waals surface area (Å²) in [5, 5.41) is 13.5. The van der Waals surface area contributed by atoms with Crippen LogP contribution < -0.4 is 5.32 Å². The maximum Gasteiger partial charge on any atom is 0.331 e. The molecule has 1 N–H and O–H groups in total. The zero-order valence-electron chi connectivity index (χ0n) is 14.7. The molecule has 0 saturated carbocycles. The second-order valence-electron chi connectivity index (χ2n) is 5.76. The van der Waals surface area contributed by atoms with Crippen LogP contribution in [-0.4, -0.2) is 23.4 Å². The van der Waals surface area contributed by atoms with Crippen molar-refractivity contribution in [3.8, 4) is 0 Å². The predicted molar refractivity (Wildman–Crippen MR) is 103 cm³/mol. The van der Waals surface area contributed by atoms with Crippen LogP contribution in [0.15, 0.2) is 42.5 Å². The van der Waals surface area contributed by atoms with Crippen molar-refractivity contribution in [3.63, 3.8) is 0 Å². The molecule has 0 spiro atoms. The largest absolute Gasteiger partial charge is 0.452 e. The van der Waals surface area contributed by atoms with Gasteiger partial charge in [-0.2, -0.15) is 0 Å². The molecule has 0 heterocycles. The SMILES string of the molecule is Cc1ccc(NC(=O)COC(=O)/C=C/c2ccc(Cl)c([N+](=O)[O-])c2)cc1C. The number of hydrogen-bond acceptors (Lipinski definition) is 5. The van der Waals surface area contributed by atoms with Crippen molar-refractivity contribution in [1.29, 1.82) is 0 Å². The third kappa shape index (κ3) is 5.93. The molecule has 0 aromatic heterocycles. The number of esters is 1. The van der Waals surface area contributed by atoms with Gasteiger partial charge in [-0.15, -0.1) is 0 Å². The first kappa shape index (κ1) is 20.1. The van der Waals surface area contributed by atoms with E-state index in [0.717, 1.165) is 17.2 Å². The molecular weight excluding hydrogens is 372 g/mol. The van der Waals surface area contributed by atoms with Crippen LogP contribution in [0.4, 0.5) is 11.4 Å². The minimum absolute atomic E-state index is 0.00254. The number of nitrogens with zero attached hydrogens (tertiary/aromatic N) is 1. The van der Waals surface area contributed by atoms with Crippen molar-refractivity contribution < 1.29 is 19.2 Å². The minimum Gasteiger partial charge on any atom is -0.452 e. The first-order chi connectivity index (χ1) is 12.8. The third-order valence-electron chi connectivity index (χ3n) is 3.71. The van der Waals surface area contributed by atoms with Crippen LogP contribution in [0.3, 0.4) is 0 Å². The van der Waals surface area contributed by atoms with E-state index in [-0.39, 0.29) is 10.7 Å². The van der Waals surface area contributed by atoms with Gasteiger partial charge >= 0.3 is 5.97 Å². The number of carbonyl (C=O) groups excluding carboxylic acids is 2. The Hall–Kier alpha value is -3.19. The maximum absolute atomic E-state index is 11.8. The number of carbonyl (C=O) groups is 2. The van der Waals surface area contributed by atoms with E-state index in [9.17, 15) is 19.7 Å². The summed E-state index contributed by atoms with van der Waals surface area (Å²) in [6.45, 7) is 3.44. The Morgan fingerprint density at radius 2 is 1.93 bits per heavy atom. The van der Waals surface area contributed by atoms with Gasteiger partial charge in [0.05, 0.1) is 4.92 Å². The van der Waals surface area contributed by atoms with Gasteiger partial charge in [0.2, 0.25) is 0 Å². The summed E-state index contributed by atoms with van der Waals surface area (Å²) in [6.07, 6.45) is 2.42. The highest BCUT2D eigenvalue weighted by Crippen LogP contribution is 2.25. The van der Waals surface area contributed by atoms with Crippen LogP contribution in [0.1, 0.15) is 16.7 Å². The first-order valence-corrected chi connectivity index (χ1v) is 8.30. The predicted octanol–water partition coefficient (Wildman–Crippen LogP) is 4.06. The number of amides is 1. The van der Waals surface area contributed by atoms with E-state index in [1.54, 1.807) is 6.07 Å². The van der Waals surface area contributed by atoms with Gasteiger partial charge in [0.25, 0.3) is 11.6 Å². The van der Waals surface area contributed by atoms with Gasteiger partial charge < -0.3 is 10.1 Å². The third-order valence-corrected chi connectivity index (χ3v) is 4.03. The average molecular weight is 389 g/mol. The summed E-state index contributed by atoms with van der Waals surface area (Å²) in [7, 11) is 0. The molecule has 0 fully saturated rings. The Morgan fingerprint density at radius 3 is 2.59 bits per heavy atom. The molecular formula is C19H17ClN2O5. The topological polar surface area (TPSA) is 98.5 Å². The number of nitro groups is 1. The van der Waals surface area contributed by atoms with Crippen LogP contribution in [0, 0.1) is 24.0 Å². The number of benzene rings is 2. The molecule has 27 heavy (non-hydrogen) atoms. The van der Waals surface area contributed by atoms with E-state index in [1.807, 2.05) is 26.0 Å². The number of ether oxygens (including phenoxy) is 1. The molecule has 0 aliphatic heterocycles. The monoisotopic (exact) mass is 388 g/mol. The van der Waals surface area contributed by atoms with Crippen LogP contribution in [0.2, 0.25) is 5.02 Å². The lowest BCUT2D eigenvalue weighted by Gasteiger charge is -2.07. The van der Waals surface area contributed by atoms with E-state index in [1.165, 1.54) is 24.3 Å². The Labute approximate surface area is 160 Å². The van der Waals surface area contributed by atoms with E-state index < -0.39 is 23.4 Å². The van der Waals surface area contributed by atoms with Crippen molar-refractivity contribution in [2.24, 2.45) is 0 Å². The van der Waals surface area contributed by atoms with Crippen molar-refractivity contribution in [2.75, 3.05) is 11.9 Å². The maximum atomic E-state index is 11.8. The van der Waals surface area contributed by atoms with Gasteiger partial charge in [-0.1, -0.05) is 23.7 Å². The Kier molecular flexibility index (Phi) is 6.67. The fourth-order valence-corrected chi connectivity index (χ4v) is 2.33. The molecule has 0 bridgehead atoms. The standard InChI is InChI=1S/C19H17ClN2O5/c1-12-3-6-15(9-13(12)2)21-18(23)11-27-19(24)8-5-14-4-7-16(20)17(10-14)22(25)26/h3-10H,11H2,1-2H3,(H,21,23)/b8-5+. The molecule has 140 valence electrons. The molecule has 0 unspecified atom stereocenters. The smallest absolute Gasteiger partial charge is 0.331 e. The van der Waals surface area contributed by atoms with E-state index in [0.29, 0.717) is 11.3 Å². The highest BCUT2D eigenvalue weighted by atomic mass is 35.5. The Balaban J connectivity index is 1.89. The van der Waals surface area contributed by atoms with Crippen molar-refractivity contribution in [2.45, 2.75) is 13.8 Å². The highest BCUT2D eigenvalue weighted by Gasteiger charge is 2.12. The lowest BCUT2D eigenvalue weighted by atomic mass is 10.1. The Bertz CT molecular complexity index is 924. The van der Waals surface area contributed by atoms with Gasteiger partial charge in [0.1, 0.15) is 5.02 Å². The number of anilines is 1. The molecule has 1 amide bonds. The Morgan fingerprint density at radius 1 is 1.19 bits per heavy atom. The lowest BCUT2D eigenvalue weighted by Crippen LogP contribution is -2.20. The van der Waals surface area contributed by atoms with Gasteiger partial charge in [0, 0.05) is 17.8 Å². The van der Waals surface area contributed by atoms with Crippen molar-refractivity contribution in [1.82, 2.24) is 0 Å². The summed E-state index contributed by atoms with van der Waals surface area (Å²) >= 11 is 5.72. The summed E-state index contributed by atoms with van der Waals surface area (Å²) in [5.74, 6) is -1.22. The normalized spacial score (nSPS) is 10.6. The van der Waals surface area contributed by atoms with Crippen molar-refractivity contribution >= 4 is 40.9 Å². The van der Waals surface area contributed by atoms with Gasteiger partial charge in [-0.25, -0.2) is 4.79 Å². The minimum atomic E-state index is -0.747. The first-order valence-electron chi connectivity index (χ1n) is 7.92. The molecule has 8 heteroatoms. The molecule has 0 atom stereocenters. The zero-order valence-corrected chi connectivity index (χ0v) is 15.4. The molecule has 0 aliphatic rings. The van der Waals surface area contributed by atoms with Gasteiger partial charge in [-0.3, -0.25) is 14.9 Å². The molecule has 7 nitrogen and oxygen atoms in total. The zero-order chi connectivity index (χ0) is 20.0. The van der Waals surface area contributed by atoms with Crippen LogP contribution >= 0.6 is 11.6 Å². The summed E-state index contributed by atoms with van der Waals surface area (Å²) in [5.41, 5.74) is 2.89. The number of nitrogens with one attached hydrogen (secondary N) is 1. The van der Waals surface area contributed by atoms with E-state index in [4.69, 9.17) is 16.3 Å². The molecule has 0 radical (unpaired) electrons. The average Bonchev–Trinajstić information content (AvgIpc) is 2.62. The molecule has 2 rings (SSSR count). The molecule has 2 aromatic rings. The second-order valence-corrected chi connectivity index (χ2v) is 6.16. The van der Waals surface area contributed by atoms with E-state index in [2.05, 4.69) is 5.32 Å². The molecule has 0 saturated heterocycles. The number of aryl methyl sites for hydroxylation is 2. The van der Waals surface area contributed by atoms with Crippen LogP contribution in [0.5, 0.6) is 0 Å². The van der Waals surface area contributed by atoms with E-state index >= 15 is 0 Å². The molecule has 2 aromatic carbocycles. The quantitative estimate of drug-likeness (QED) is 0.348. The van der Waals surface area contributed by atoms with Crippen LogP contribution in [-0.2, 0) is 14.3 Å². The van der Waals surface area contributed by atoms with Crippen molar-refractivity contribution in [3.05, 3.63) is 74.3 Å². The number of halogens is 1. The van der Waals surface area contributed by atoms with Gasteiger partial charge in [-0.05, 0) is 54.8 Å². The lowest BCUT2D eigenvalue weighted by molar-refractivity contribution is -0.384. The number of nitro benzene ring substituents is 1. The number of hydrogen-bond donors (Lipinski definition) is 1. The fraction of sp³-hybridized carbons (Fsp3) is 0.158. The summed E-state index contributed by atoms with van der Waals surface area (Å²) in [6, 6.07) is 9.58. The fourth-order valence-electron chi connectivity index (χ4n) is 2.14. The second kappa shape index (κ2) is 8.95. The van der Waals surface area contributed by atoms with Gasteiger partial charge in [0.15, 0.2) is 6.61 Å². The van der Waals surface area contributed by atoms with Crippen LogP contribution in [0.25, 0.3) is 6.08 Å².